The van der Waals surface area contributed by atoms with E-state index in [2.05, 4.69) is 16.8 Å². The number of rotatable bonds is 5. The molecule has 1 saturated heterocycles. The second-order valence-corrected chi connectivity index (χ2v) is 9.30. The topological polar surface area (TPSA) is 49.6 Å². The number of nitrogens with two attached hydrogens (primary N) is 1. The Balaban J connectivity index is 1.27. The van der Waals surface area contributed by atoms with Gasteiger partial charge in [0, 0.05) is 38.1 Å². The van der Waals surface area contributed by atoms with Crippen molar-refractivity contribution in [3.05, 3.63) is 0 Å². The minimum atomic E-state index is 0.267. The summed E-state index contributed by atoms with van der Waals surface area (Å²) in [6, 6.07) is 0.366. The summed E-state index contributed by atoms with van der Waals surface area (Å²) in [7, 11) is 2.26. The highest BCUT2D eigenvalue weighted by molar-refractivity contribution is 5.79. The molecule has 4 nitrogen and oxygen atoms in total. The Labute approximate surface area is 147 Å². The molecule has 1 heterocycles. The van der Waals surface area contributed by atoms with E-state index in [9.17, 15) is 4.79 Å². The van der Waals surface area contributed by atoms with Crippen LogP contribution < -0.4 is 5.73 Å². The predicted octanol–water partition coefficient (Wildman–Crippen LogP) is 2.33. The average molecular weight is 334 g/mol. The molecule has 1 aliphatic heterocycles. The van der Waals surface area contributed by atoms with Gasteiger partial charge in [0.05, 0.1) is 0 Å². The Morgan fingerprint density at radius 3 is 2.38 bits per heavy atom. The van der Waals surface area contributed by atoms with Gasteiger partial charge in [-0.2, -0.15) is 0 Å². The second kappa shape index (κ2) is 6.95. The fraction of sp³-hybridized carbons (Fsp3) is 0.950. The number of fused-ring (bicyclic) bond motifs is 2. The molecule has 4 aliphatic rings. The molecule has 4 fully saturated rings. The molecule has 2 N–H and O–H groups in total. The smallest absolute Gasteiger partial charge is 0.225 e. The van der Waals surface area contributed by atoms with Crippen LogP contribution in [0.25, 0.3) is 0 Å². The maximum atomic E-state index is 13.0. The third-order valence-corrected chi connectivity index (χ3v) is 7.20. The van der Waals surface area contributed by atoms with E-state index in [4.69, 9.17) is 5.73 Å². The van der Waals surface area contributed by atoms with E-state index in [-0.39, 0.29) is 5.92 Å². The Bertz CT molecular complexity index is 450. The minimum Gasteiger partial charge on any atom is -0.342 e. The average Bonchev–Trinajstić information content (AvgIpc) is 3.22. The van der Waals surface area contributed by atoms with Gasteiger partial charge in [-0.3, -0.25) is 4.79 Å². The molecule has 0 aromatic carbocycles. The lowest BCUT2D eigenvalue weighted by Gasteiger charge is -2.44. The van der Waals surface area contributed by atoms with Gasteiger partial charge in [0.1, 0.15) is 0 Å². The summed E-state index contributed by atoms with van der Waals surface area (Å²) in [6.45, 7) is 4.40. The number of amides is 1. The van der Waals surface area contributed by atoms with Crippen LogP contribution in [-0.4, -0.2) is 55.0 Å². The first kappa shape index (κ1) is 16.8. The molecule has 136 valence electrons. The zero-order valence-electron chi connectivity index (χ0n) is 15.3. The highest BCUT2D eigenvalue weighted by atomic mass is 16.2. The zero-order chi connectivity index (χ0) is 16.7. The van der Waals surface area contributed by atoms with Crippen LogP contribution in [0.2, 0.25) is 0 Å². The SMILES string of the molecule is CN(CC1CC1)CC1CCN(C(=O)C2CC3CCCC(C2)C3N)C1. The molecule has 4 heteroatoms. The van der Waals surface area contributed by atoms with Crippen molar-refractivity contribution in [2.24, 2.45) is 35.3 Å². The van der Waals surface area contributed by atoms with E-state index >= 15 is 0 Å². The van der Waals surface area contributed by atoms with Crippen LogP contribution in [0.5, 0.6) is 0 Å². The Hall–Kier alpha value is -0.610. The van der Waals surface area contributed by atoms with Crippen LogP contribution in [0.4, 0.5) is 0 Å². The van der Waals surface area contributed by atoms with Gasteiger partial charge in [-0.05, 0) is 75.7 Å². The third-order valence-electron chi connectivity index (χ3n) is 7.20. The lowest BCUT2D eigenvalue weighted by Crippen LogP contribution is -2.49. The molecule has 0 aromatic rings. The summed E-state index contributed by atoms with van der Waals surface area (Å²) >= 11 is 0. The van der Waals surface area contributed by atoms with Crippen molar-refractivity contribution in [1.29, 1.82) is 0 Å². The summed E-state index contributed by atoms with van der Waals surface area (Å²) in [4.78, 5) is 17.7. The number of nitrogens with zero attached hydrogens (tertiary/aromatic N) is 2. The monoisotopic (exact) mass is 333 g/mol. The molecule has 24 heavy (non-hydrogen) atoms. The van der Waals surface area contributed by atoms with E-state index in [1.165, 1.54) is 51.6 Å². The summed E-state index contributed by atoms with van der Waals surface area (Å²) in [5, 5.41) is 0. The van der Waals surface area contributed by atoms with Gasteiger partial charge in [0.2, 0.25) is 5.91 Å². The molecule has 2 bridgehead atoms. The van der Waals surface area contributed by atoms with Crippen LogP contribution in [0.3, 0.4) is 0 Å². The van der Waals surface area contributed by atoms with E-state index < -0.39 is 0 Å². The zero-order valence-corrected chi connectivity index (χ0v) is 15.3. The molecule has 3 atom stereocenters. The molecule has 1 amide bonds. The van der Waals surface area contributed by atoms with Crippen LogP contribution in [0, 0.1) is 29.6 Å². The van der Waals surface area contributed by atoms with Crippen molar-refractivity contribution in [3.63, 3.8) is 0 Å². The van der Waals surface area contributed by atoms with Gasteiger partial charge in [-0.25, -0.2) is 0 Å². The Morgan fingerprint density at radius 1 is 1.04 bits per heavy atom. The lowest BCUT2D eigenvalue weighted by atomic mass is 9.65. The maximum Gasteiger partial charge on any atom is 0.225 e. The first-order valence-electron chi connectivity index (χ1n) is 10.3. The minimum absolute atomic E-state index is 0.267. The summed E-state index contributed by atoms with van der Waals surface area (Å²) < 4.78 is 0. The van der Waals surface area contributed by atoms with Gasteiger partial charge < -0.3 is 15.5 Å². The number of carbonyl (C=O) groups is 1. The van der Waals surface area contributed by atoms with Crippen molar-refractivity contribution >= 4 is 5.91 Å². The highest BCUT2D eigenvalue weighted by Crippen LogP contribution is 2.42. The number of carbonyl (C=O) groups excluding carboxylic acids is 1. The van der Waals surface area contributed by atoms with E-state index in [0.717, 1.165) is 31.8 Å². The molecule has 0 spiro atoms. The first-order chi connectivity index (χ1) is 11.6. The van der Waals surface area contributed by atoms with Crippen LogP contribution in [0.1, 0.15) is 51.4 Å². The van der Waals surface area contributed by atoms with E-state index in [0.29, 0.717) is 29.7 Å². The van der Waals surface area contributed by atoms with Gasteiger partial charge in [0.15, 0.2) is 0 Å². The lowest BCUT2D eigenvalue weighted by molar-refractivity contribution is -0.137. The van der Waals surface area contributed by atoms with Crippen LogP contribution in [-0.2, 0) is 4.79 Å². The molecule has 4 rings (SSSR count). The largest absolute Gasteiger partial charge is 0.342 e. The Morgan fingerprint density at radius 2 is 1.71 bits per heavy atom. The van der Waals surface area contributed by atoms with Crippen molar-refractivity contribution in [2.45, 2.75) is 57.4 Å². The number of hydrogen-bond acceptors (Lipinski definition) is 3. The molecule has 3 saturated carbocycles. The third kappa shape index (κ3) is 3.65. The van der Waals surface area contributed by atoms with Crippen molar-refractivity contribution in [2.75, 3.05) is 33.2 Å². The molecule has 0 radical (unpaired) electrons. The van der Waals surface area contributed by atoms with Crippen molar-refractivity contribution in [3.8, 4) is 0 Å². The summed E-state index contributed by atoms with van der Waals surface area (Å²) in [6.07, 6.45) is 9.96. The van der Waals surface area contributed by atoms with Crippen LogP contribution >= 0.6 is 0 Å². The summed E-state index contributed by atoms with van der Waals surface area (Å²) in [5.74, 6) is 3.57. The first-order valence-corrected chi connectivity index (χ1v) is 10.3. The van der Waals surface area contributed by atoms with Gasteiger partial charge in [0.25, 0.3) is 0 Å². The molecule has 0 aromatic heterocycles. The van der Waals surface area contributed by atoms with Gasteiger partial charge in [-0.1, -0.05) is 6.42 Å². The van der Waals surface area contributed by atoms with Crippen molar-refractivity contribution < 1.29 is 4.79 Å². The maximum absolute atomic E-state index is 13.0. The van der Waals surface area contributed by atoms with Gasteiger partial charge >= 0.3 is 0 Å². The van der Waals surface area contributed by atoms with E-state index in [1.807, 2.05) is 0 Å². The predicted molar refractivity (Wildman–Crippen MR) is 96.4 cm³/mol. The number of hydrogen-bond donors (Lipinski definition) is 1. The Kier molecular flexibility index (Phi) is 4.88. The molecule has 3 aliphatic carbocycles. The fourth-order valence-electron chi connectivity index (χ4n) is 5.69. The highest BCUT2D eigenvalue weighted by Gasteiger charge is 2.42. The quantitative estimate of drug-likeness (QED) is 0.840. The van der Waals surface area contributed by atoms with E-state index in [1.54, 1.807) is 0 Å². The standard InChI is InChI=1S/C20H35N3O/c1-22(11-14-5-6-14)12-15-7-8-23(13-15)20(24)18-9-16-3-2-4-17(10-18)19(16)21/h14-19H,2-13,21H2,1H3. The molecular weight excluding hydrogens is 298 g/mol. The molecule has 3 unspecified atom stereocenters. The second-order valence-electron chi connectivity index (χ2n) is 9.30. The molecular formula is C20H35N3O. The summed E-state index contributed by atoms with van der Waals surface area (Å²) in [5.41, 5.74) is 6.39. The number of likely N-dealkylation sites (tertiary alicyclic amines) is 1. The normalized spacial score (nSPS) is 39.5. The fourth-order valence-corrected chi connectivity index (χ4v) is 5.69. The van der Waals surface area contributed by atoms with Crippen molar-refractivity contribution in [1.82, 2.24) is 9.80 Å². The van der Waals surface area contributed by atoms with Crippen LogP contribution in [0.15, 0.2) is 0 Å². The van der Waals surface area contributed by atoms with Gasteiger partial charge in [-0.15, -0.1) is 0 Å².